The van der Waals surface area contributed by atoms with Gasteiger partial charge in [0.05, 0.1) is 30.1 Å². The monoisotopic (exact) mass is 473 g/mol. The van der Waals surface area contributed by atoms with Gasteiger partial charge >= 0.3 is 5.97 Å². The van der Waals surface area contributed by atoms with Crippen LogP contribution >= 0.6 is 0 Å². The summed E-state index contributed by atoms with van der Waals surface area (Å²) >= 11 is 0. The fraction of sp³-hybridized carbons (Fsp3) is 0.222. The molecule has 0 spiro atoms. The Bertz CT molecular complexity index is 1480. The molecule has 0 amide bonds. The number of nitrogens with one attached hydrogen (secondary N) is 1. The lowest BCUT2D eigenvalue weighted by atomic mass is 9.89. The number of carboxylic acids is 1. The second-order valence-corrected chi connectivity index (χ2v) is 8.96. The van der Waals surface area contributed by atoms with Crippen LogP contribution in [0, 0.1) is 6.92 Å². The van der Waals surface area contributed by atoms with Crippen molar-refractivity contribution in [2.75, 3.05) is 23.3 Å². The molecule has 2 aromatic carbocycles. The van der Waals surface area contributed by atoms with Crippen molar-refractivity contribution in [2.24, 2.45) is 0 Å². The number of benzene rings is 2. The number of halogens is 1. The van der Waals surface area contributed by atoms with E-state index < -0.39 is 11.6 Å². The predicted octanol–water partition coefficient (Wildman–Crippen LogP) is 5.05. The molecule has 1 aliphatic rings. The number of aromatic nitrogens is 1. The lowest BCUT2D eigenvalue weighted by Crippen LogP contribution is -2.57. The molecular weight excluding hydrogens is 449 g/mol. The van der Waals surface area contributed by atoms with Crippen molar-refractivity contribution < 1.29 is 18.7 Å². The molecule has 2 N–H and O–H groups in total. The van der Waals surface area contributed by atoms with Crippen molar-refractivity contribution in [3.8, 4) is 0 Å². The summed E-state index contributed by atoms with van der Waals surface area (Å²) in [5.74, 6) is -0.743. The Morgan fingerprint density at radius 2 is 1.97 bits per heavy atom. The number of aryl methyl sites for hydroxylation is 1. The number of hydrogen-bond acceptors (Lipinski definition) is 6. The molecule has 0 aliphatic carbocycles. The van der Waals surface area contributed by atoms with E-state index in [1.807, 2.05) is 19.9 Å². The molecule has 3 heterocycles. The number of hydrogen-bond donors (Lipinski definition) is 2. The van der Waals surface area contributed by atoms with Crippen LogP contribution in [0.1, 0.15) is 40.0 Å². The Hall–Kier alpha value is -4.20. The Morgan fingerprint density at radius 1 is 1.20 bits per heavy atom. The minimum absolute atomic E-state index is 0.0497. The molecule has 1 fully saturated rings. The quantitative estimate of drug-likeness (QED) is 0.404. The van der Waals surface area contributed by atoms with Gasteiger partial charge in [-0.15, -0.1) is 0 Å². The number of carbonyl (C=O) groups is 1. The summed E-state index contributed by atoms with van der Waals surface area (Å²) in [6, 6.07) is 14.7. The van der Waals surface area contributed by atoms with Gasteiger partial charge in [-0.1, -0.05) is 24.3 Å². The zero-order chi connectivity index (χ0) is 24.7. The number of rotatable bonds is 6. The maximum atomic E-state index is 15.3. The van der Waals surface area contributed by atoms with Crippen molar-refractivity contribution in [3.05, 3.63) is 99.5 Å². The number of pyridine rings is 1. The zero-order valence-corrected chi connectivity index (χ0v) is 19.3. The summed E-state index contributed by atoms with van der Waals surface area (Å²) in [7, 11) is 0. The first kappa shape index (κ1) is 22.6. The van der Waals surface area contributed by atoms with Gasteiger partial charge in [-0.2, -0.15) is 0 Å². The molecule has 7 nitrogen and oxygen atoms in total. The van der Waals surface area contributed by atoms with Gasteiger partial charge in [0, 0.05) is 35.3 Å². The molecule has 35 heavy (non-hydrogen) atoms. The van der Waals surface area contributed by atoms with Gasteiger partial charge < -0.3 is 19.7 Å². The molecule has 5 rings (SSSR count). The first-order chi connectivity index (χ1) is 16.7. The largest absolute Gasteiger partial charge is 0.478 e. The maximum Gasteiger partial charge on any atom is 0.337 e. The number of nitrogens with zero attached hydrogens (tertiary/aromatic N) is 2. The van der Waals surface area contributed by atoms with E-state index >= 15 is 4.39 Å². The van der Waals surface area contributed by atoms with Crippen LogP contribution in [-0.2, 0) is 5.67 Å². The smallest absolute Gasteiger partial charge is 0.337 e. The summed E-state index contributed by atoms with van der Waals surface area (Å²) in [4.78, 5) is 30.3. The molecule has 0 saturated carbocycles. The SMILES string of the molecule is Cc1cc(C(C)Nc2ccccc2C(=O)O)c2oc(N3CC(F)(c4cccnc4)C3)cc(=O)c2c1. The first-order valence-corrected chi connectivity index (χ1v) is 11.3. The van der Waals surface area contributed by atoms with Crippen molar-refractivity contribution in [1.82, 2.24) is 4.98 Å². The number of carboxylic acid groups (broad SMARTS) is 1. The highest BCUT2D eigenvalue weighted by Crippen LogP contribution is 2.39. The highest BCUT2D eigenvalue weighted by Gasteiger charge is 2.46. The molecule has 0 bridgehead atoms. The van der Waals surface area contributed by atoms with Crippen LogP contribution in [0.2, 0.25) is 0 Å². The van der Waals surface area contributed by atoms with Crippen molar-refractivity contribution in [2.45, 2.75) is 25.6 Å². The Labute approximate surface area is 200 Å². The Kier molecular flexibility index (Phi) is 5.51. The fourth-order valence-corrected chi connectivity index (χ4v) is 4.53. The van der Waals surface area contributed by atoms with Gasteiger partial charge in [-0.25, -0.2) is 9.18 Å². The molecule has 8 heteroatoms. The molecule has 1 saturated heterocycles. The van der Waals surface area contributed by atoms with Crippen LogP contribution < -0.4 is 15.6 Å². The minimum atomic E-state index is -1.56. The summed E-state index contributed by atoms with van der Waals surface area (Å²) in [6.07, 6.45) is 3.11. The molecule has 178 valence electrons. The van der Waals surface area contributed by atoms with Crippen LogP contribution in [0.5, 0.6) is 0 Å². The Morgan fingerprint density at radius 3 is 2.69 bits per heavy atom. The summed E-state index contributed by atoms with van der Waals surface area (Å²) in [6.45, 7) is 3.86. The lowest BCUT2D eigenvalue weighted by molar-refractivity contribution is 0.0698. The summed E-state index contributed by atoms with van der Waals surface area (Å²) in [5.41, 5.74) is 1.29. The van der Waals surface area contributed by atoms with E-state index in [1.54, 1.807) is 47.5 Å². The van der Waals surface area contributed by atoms with Crippen LogP contribution in [-0.4, -0.2) is 29.1 Å². The average Bonchev–Trinajstić information content (AvgIpc) is 2.82. The number of alkyl halides is 1. The minimum Gasteiger partial charge on any atom is -0.478 e. The average molecular weight is 474 g/mol. The van der Waals surface area contributed by atoms with Crippen LogP contribution in [0.15, 0.2) is 76.2 Å². The fourth-order valence-electron chi connectivity index (χ4n) is 4.53. The zero-order valence-electron chi connectivity index (χ0n) is 19.3. The van der Waals surface area contributed by atoms with E-state index in [0.29, 0.717) is 33.7 Å². The van der Waals surface area contributed by atoms with Crippen molar-refractivity contribution in [1.29, 1.82) is 0 Å². The topological polar surface area (TPSA) is 95.7 Å². The third-order valence-corrected chi connectivity index (χ3v) is 6.36. The molecule has 4 aromatic rings. The number of anilines is 2. The van der Waals surface area contributed by atoms with E-state index in [2.05, 4.69) is 10.3 Å². The highest BCUT2D eigenvalue weighted by atomic mass is 19.1. The second kappa shape index (κ2) is 8.54. The van der Waals surface area contributed by atoms with Crippen LogP contribution in [0.25, 0.3) is 11.0 Å². The predicted molar refractivity (Wildman–Crippen MR) is 132 cm³/mol. The molecule has 1 atom stereocenters. The highest BCUT2D eigenvalue weighted by molar-refractivity contribution is 5.94. The molecular formula is C27H24FN3O4. The normalized spacial score (nSPS) is 15.5. The van der Waals surface area contributed by atoms with E-state index in [1.165, 1.54) is 18.3 Å². The first-order valence-electron chi connectivity index (χ1n) is 11.3. The van der Waals surface area contributed by atoms with Gasteiger partial charge in [0.15, 0.2) is 17.0 Å². The molecule has 0 radical (unpaired) electrons. The number of para-hydroxylation sites is 1. The Balaban J connectivity index is 1.50. The summed E-state index contributed by atoms with van der Waals surface area (Å²) in [5, 5.41) is 13.2. The van der Waals surface area contributed by atoms with E-state index in [-0.39, 0.29) is 30.1 Å². The van der Waals surface area contributed by atoms with Crippen molar-refractivity contribution in [3.63, 3.8) is 0 Å². The van der Waals surface area contributed by atoms with Gasteiger partial charge in [0.1, 0.15) is 5.58 Å². The van der Waals surface area contributed by atoms with Gasteiger partial charge in [-0.05, 0) is 43.7 Å². The van der Waals surface area contributed by atoms with Gasteiger partial charge in [0.2, 0.25) is 0 Å². The number of fused-ring (bicyclic) bond motifs is 1. The maximum absolute atomic E-state index is 15.3. The molecule has 2 aromatic heterocycles. The third-order valence-electron chi connectivity index (χ3n) is 6.36. The standard InChI is InChI=1S/C27H24FN3O4/c1-16-10-20(17(2)30-22-8-4-3-7-19(22)26(33)34)25-21(11-16)23(32)12-24(35-25)31-14-27(28,15-31)18-6-5-9-29-13-18/h3-13,17,30H,14-15H2,1-2H3,(H,33,34). The van der Waals surface area contributed by atoms with E-state index in [9.17, 15) is 14.7 Å². The van der Waals surface area contributed by atoms with Crippen molar-refractivity contribution >= 4 is 28.5 Å². The molecule has 1 unspecified atom stereocenters. The van der Waals surface area contributed by atoms with Gasteiger partial charge in [-0.3, -0.25) is 9.78 Å². The van der Waals surface area contributed by atoms with E-state index in [4.69, 9.17) is 4.42 Å². The molecule has 1 aliphatic heterocycles. The van der Waals surface area contributed by atoms with Crippen LogP contribution in [0.3, 0.4) is 0 Å². The second-order valence-electron chi connectivity index (χ2n) is 8.96. The van der Waals surface area contributed by atoms with Crippen LogP contribution in [0.4, 0.5) is 16.0 Å². The van der Waals surface area contributed by atoms with E-state index in [0.717, 1.165) is 5.56 Å². The lowest BCUT2D eigenvalue weighted by Gasteiger charge is -2.44. The summed E-state index contributed by atoms with van der Waals surface area (Å²) < 4.78 is 21.5. The third kappa shape index (κ3) is 4.12. The number of aromatic carboxylic acids is 1. The van der Waals surface area contributed by atoms with Gasteiger partial charge in [0.25, 0.3) is 0 Å².